The maximum Gasteiger partial charge on any atom is 0.346 e. The molecular weight excluding hydrogens is 380 g/mol. The number of aromatic carboxylic acids is 1. The molecule has 4 heterocycles. The van der Waals surface area contributed by atoms with E-state index in [0.29, 0.717) is 22.8 Å². The van der Waals surface area contributed by atoms with E-state index in [9.17, 15) is 14.7 Å². The van der Waals surface area contributed by atoms with Crippen molar-refractivity contribution in [3.05, 3.63) is 43.9 Å². The number of carboxylic acid groups (broad SMARTS) is 1. The Morgan fingerprint density at radius 3 is 2.92 bits per heavy atom. The fourth-order valence-corrected chi connectivity index (χ4v) is 4.19. The van der Waals surface area contributed by atoms with Crippen LogP contribution in [0.2, 0.25) is 5.02 Å². The summed E-state index contributed by atoms with van der Waals surface area (Å²) in [5, 5.41) is 13.7. The Labute approximate surface area is 156 Å². The first-order chi connectivity index (χ1) is 12.4. The normalized spacial score (nSPS) is 16.8. The number of hydrogen-bond acceptors (Lipinski definition) is 6. The maximum absolute atomic E-state index is 12.1. The summed E-state index contributed by atoms with van der Waals surface area (Å²) in [5.41, 5.74) is 1.13. The number of carbonyl (C=O) groups is 1. The Kier molecular flexibility index (Phi) is 4.29. The summed E-state index contributed by atoms with van der Waals surface area (Å²) in [5.74, 6) is -0.326. The number of hydrogen-bond donors (Lipinski definition) is 1. The van der Waals surface area contributed by atoms with E-state index in [-0.39, 0.29) is 28.1 Å². The molecule has 1 aliphatic heterocycles. The van der Waals surface area contributed by atoms with E-state index in [2.05, 4.69) is 10.1 Å². The van der Waals surface area contributed by atoms with Gasteiger partial charge in [-0.2, -0.15) is 5.10 Å². The smallest absolute Gasteiger partial charge is 0.346 e. The minimum atomic E-state index is -0.964. The number of ether oxygens (including phenoxy) is 1. The largest absolute Gasteiger partial charge is 0.477 e. The number of aryl methyl sites for hydroxylation is 1. The Morgan fingerprint density at radius 1 is 1.54 bits per heavy atom. The summed E-state index contributed by atoms with van der Waals surface area (Å²) in [6.45, 7) is 3.23. The first-order valence-corrected chi connectivity index (χ1v) is 9.19. The first kappa shape index (κ1) is 17.2. The zero-order valence-corrected chi connectivity index (χ0v) is 15.4. The van der Waals surface area contributed by atoms with Crippen LogP contribution < -0.4 is 5.56 Å². The molecule has 0 aliphatic carbocycles. The van der Waals surface area contributed by atoms with Crippen molar-refractivity contribution in [2.75, 3.05) is 6.61 Å². The van der Waals surface area contributed by atoms with Crippen LogP contribution in [0.3, 0.4) is 0 Å². The van der Waals surface area contributed by atoms with Crippen molar-refractivity contribution in [3.8, 4) is 0 Å². The molecule has 3 aromatic rings. The summed E-state index contributed by atoms with van der Waals surface area (Å²) in [4.78, 5) is 29.0. The molecule has 0 radical (unpaired) electrons. The van der Waals surface area contributed by atoms with Gasteiger partial charge in [0.2, 0.25) is 0 Å². The highest BCUT2D eigenvalue weighted by atomic mass is 35.5. The van der Waals surface area contributed by atoms with E-state index in [0.717, 1.165) is 29.9 Å². The predicted octanol–water partition coefficient (Wildman–Crippen LogP) is 2.15. The molecule has 1 aliphatic rings. The van der Waals surface area contributed by atoms with Crippen LogP contribution in [0.1, 0.15) is 27.5 Å². The molecular formula is C16H15ClN4O4S. The average Bonchev–Trinajstić information content (AvgIpc) is 3.03. The standard InChI is InChI=1S/C16H15ClN4O4S/c1-8-13-15(26-14(8)16(23)24)19-11(20(13)6-10-2-3-25-10)7-21-12(22)4-9(17)5-18-21/h4-5,10H,2-3,6-7H2,1H3,(H,23,24). The second-order valence-electron chi connectivity index (χ2n) is 6.10. The highest BCUT2D eigenvalue weighted by molar-refractivity contribution is 7.20. The van der Waals surface area contributed by atoms with E-state index in [1.807, 2.05) is 4.57 Å². The lowest BCUT2D eigenvalue weighted by atomic mass is 10.2. The molecule has 1 N–H and O–H groups in total. The third-order valence-corrected chi connectivity index (χ3v) is 5.78. The average molecular weight is 395 g/mol. The van der Waals surface area contributed by atoms with Crippen LogP contribution in [0.5, 0.6) is 0 Å². The van der Waals surface area contributed by atoms with Gasteiger partial charge in [0.1, 0.15) is 22.1 Å². The molecule has 10 heteroatoms. The lowest BCUT2D eigenvalue weighted by molar-refractivity contribution is -0.0590. The molecule has 136 valence electrons. The fraction of sp³-hybridized carbons (Fsp3) is 0.375. The number of carboxylic acids is 1. The van der Waals surface area contributed by atoms with Gasteiger partial charge in [0.15, 0.2) is 0 Å². The van der Waals surface area contributed by atoms with Crippen LogP contribution in [0, 0.1) is 6.92 Å². The molecule has 26 heavy (non-hydrogen) atoms. The van der Waals surface area contributed by atoms with Crippen molar-refractivity contribution in [1.29, 1.82) is 0 Å². The lowest BCUT2D eigenvalue weighted by Crippen LogP contribution is -2.32. The zero-order chi connectivity index (χ0) is 18.4. The van der Waals surface area contributed by atoms with Crippen LogP contribution >= 0.6 is 22.9 Å². The monoisotopic (exact) mass is 394 g/mol. The van der Waals surface area contributed by atoms with Gasteiger partial charge in [-0.15, -0.1) is 11.3 Å². The summed E-state index contributed by atoms with van der Waals surface area (Å²) >= 11 is 6.93. The van der Waals surface area contributed by atoms with E-state index >= 15 is 0 Å². The molecule has 0 aromatic carbocycles. The number of aromatic nitrogens is 4. The highest BCUT2D eigenvalue weighted by Crippen LogP contribution is 2.32. The van der Waals surface area contributed by atoms with Crippen molar-refractivity contribution in [3.63, 3.8) is 0 Å². The summed E-state index contributed by atoms with van der Waals surface area (Å²) in [7, 11) is 0. The van der Waals surface area contributed by atoms with Gasteiger partial charge in [-0.3, -0.25) is 4.79 Å². The molecule has 0 bridgehead atoms. The van der Waals surface area contributed by atoms with Gasteiger partial charge < -0.3 is 14.4 Å². The van der Waals surface area contributed by atoms with E-state index in [1.54, 1.807) is 6.92 Å². The number of rotatable bonds is 5. The van der Waals surface area contributed by atoms with Crippen LogP contribution in [0.25, 0.3) is 10.3 Å². The van der Waals surface area contributed by atoms with Crippen LogP contribution in [0.15, 0.2) is 17.1 Å². The lowest BCUT2D eigenvalue weighted by Gasteiger charge is -2.27. The van der Waals surface area contributed by atoms with Gasteiger partial charge in [0.25, 0.3) is 5.56 Å². The first-order valence-electron chi connectivity index (χ1n) is 8.00. The third-order valence-electron chi connectivity index (χ3n) is 4.41. The topological polar surface area (TPSA) is 99.2 Å². The minimum Gasteiger partial charge on any atom is -0.477 e. The van der Waals surface area contributed by atoms with Crippen molar-refractivity contribution >= 4 is 39.3 Å². The van der Waals surface area contributed by atoms with Crippen molar-refractivity contribution in [1.82, 2.24) is 19.3 Å². The maximum atomic E-state index is 12.1. The number of halogens is 1. The number of thiophene rings is 1. The second-order valence-corrected chi connectivity index (χ2v) is 7.54. The summed E-state index contributed by atoms with van der Waals surface area (Å²) in [6.07, 6.45) is 2.41. The van der Waals surface area contributed by atoms with Crippen LogP contribution in [-0.4, -0.2) is 43.1 Å². The molecule has 1 atom stereocenters. The van der Waals surface area contributed by atoms with Crippen molar-refractivity contribution < 1.29 is 14.6 Å². The molecule has 0 spiro atoms. The Morgan fingerprint density at radius 2 is 2.31 bits per heavy atom. The quantitative estimate of drug-likeness (QED) is 0.711. The Balaban J connectivity index is 1.81. The minimum absolute atomic E-state index is 0.0635. The Hall–Kier alpha value is -2.23. The SMILES string of the molecule is Cc1c(C(=O)O)sc2nc(Cn3ncc(Cl)cc3=O)n(CC3CCO3)c12. The fourth-order valence-electron chi connectivity index (χ4n) is 3.01. The molecule has 8 nitrogen and oxygen atoms in total. The van der Waals surface area contributed by atoms with E-state index < -0.39 is 5.97 Å². The van der Waals surface area contributed by atoms with Crippen LogP contribution in [0.4, 0.5) is 0 Å². The van der Waals surface area contributed by atoms with Crippen molar-refractivity contribution in [2.24, 2.45) is 0 Å². The van der Waals surface area contributed by atoms with E-state index in [1.165, 1.54) is 16.9 Å². The van der Waals surface area contributed by atoms with Gasteiger partial charge in [0, 0.05) is 18.2 Å². The number of fused-ring (bicyclic) bond motifs is 1. The highest BCUT2D eigenvalue weighted by Gasteiger charge is 2.26. The summed E-state index contributed by atoms with van der Waals surface area (Å²) in [6, 6.07) is 1.30. The van der Waals surface area contributed by atoms with Gasteiger partial charge in [-0.1, -0.05) is 11.6 Å². The molecule has 1 saturated heterocycles. The van der Waals surface area contributed by atoms with Gasteiger partial charge in [-0.25, -0.2) is 14.5 Å². The molecule has 0 saturated carbocycles. The second kappa shape index (κ2) is 6.49. The number of imidazole rings is 1. The third kappa shape index (κ3) is 2.91. The van der Waals surface area contributed by atoms with Gasteiger partial charge >= 0.3 is 5.97 Å². The Bertz CT molecular complexity index is 1070. The van der Waals surface area contributed by atoms with Crippen LogP contribution in [-0.2, 0) is 17.8 Å². The predicted molar refractivity (Wildman–Crippen MR) is 96.3 cm³/mol. The molecule has 4 rings (SSSR count). The zero-order valence-electron chi connectivity index (χ0n) is 13.8. The molecule has 3 aromatic heterocycles. The van der Waals surface area contributed by atoms with E-state index in [4.69, 9.17) is 16.3 Å². The molecule has 0 amide bonds. The summed E-state index contributed by atoms with van der Waals surface area (Å²) < 4.78 is 8.75. The molecule has 1 fully saturated rings. The number of nitrogens with zero attached hydrogens (tertiary/aromatic N) is 4. The van der Waals surface area contributed by atoms with Gasteiger partial charge in [0.05, 0.1) is 29.4 Å². The van der Waals surface area contributed by atoms with Gasteiger partial charge in [-0.05, 0) is 13.3 Å². The molecule has 1 unspecified atom stereocenters. The van der Waals surface area contributed by atoms with Crippen molar-refractivity contribution in [2.45, 2.75) is 32.5 Å².